The number of nitrogens with two attached hydrogens (primary N) is 1. The third kappa shape index (κ3) is 16.6. The van der Waals surface area contributed by atoms with Crippen LogP contribution in [-0.4, -0.2) is 179 Å². The number of primary amides is 1. The largest absolute Gasteiger partial charge is 0.399 e. The molecule has 4 aromatic carbocycles. The van der Waals surface area contributed by atoms with E-state index in [0.29, 0.717) is 16.7 Å². The number of alkyl halides is 2. The van der Waals surface area contributed by atoms with Crippen LogP contribution in [0.5, 0.6) is 0 Å². The van der Waals surface area contributed by atoms with Crippen LogP contribution in [0.4, 0.5) is 8.78 Å². The fourth-order valence-electron chi connectivity index (χ4n) is 11.5. The molecule has 482 valence electrons. The quantitative estimate of drug-likeness (QED) is 0.0162. The molecule has 25 nitrogen and oxygen atoms in total. The normalized spacial score (nSPS) is 18.8. The summed E-state index contributed by atoms with van der Waals surface area (Å²) in [5.41, 5.74) is 3.18. The molecule has 5 heterocycles. The maximum absolute atomic E-state index is 15.0. The maximum atomic E-state index is 15.0. The first-order valence-electron chi connectivity index (χ1n) is 29.7. The number of ether oxygens (including phenoxy) is 4. The Labute approximate surface area is 521 Å². The Balaban J connectivity index is 0.770. The van der Waals surface area contributed by atoms with E-state index in [9.17, 15) is 66.3 Å². The van der Waals surface area contributed by atoms with Crippen LogP contribution in [0, 0.1) is 11.8 Å². The number of halogens is 2. The molecular formula is C63H70F2N9O16P. The second kappa shape index (κ2) is 30.4. The van der Waals surface area contributed by atoms with E-state index in [-0.39, 0.29) is 152 Å². The number of nitrogens with one attached hydrogen (secondary N) is 5. The van der Waals surface area contributed by atoms with Gasteiger partial charge in [0.05, 0.1) is 58.7 Å². The number of amides is 9. The van der Waals surface area contributed by atoms with Crippen LogP contribution in [0.2, 0.25) is 0 Å². The fraction of sp³-hybridized carbons (Fsp3) is 0.413. The zero-order valence-electron chi connectivity index (χ0n) is 49.4. The van der Waals surface area contributed by atoms with Crippen molar-refractivity contribution in [1.29, 1.82) is 0 Å². The van der Waals surface area contributed by atoms with Crippen LogP contribution in [-0.2, 0) is 69.3 Å². The van der Waals surface area contributed by atoms with E-state index in [1.807, 2.05) is 60.7 Å². The van der Waals surface area contributed by atoms with E-state index < -0.39 is 96.4 Å². The molecule has 28 heteroatoms. The Morgan fingerprint density at radius 2 is 1.45 bits per heavy atom. The molecule has 3 saturated heterocycles. The minimum absolute atomic E-state index is 0.0135. The topological polar surface area (TPSA) is 348 Å². The minimum Gasteiger partial charge on any atom is -0.379 e. The van der Waals surface area contributed by atoms with Gasteiger partial charge in [-0.15, -0.1) is 0 Å². The highest BCUT2D eigenvalue weighted by atomic mass is 31.2. The van der Waals surface area contributed by atoms with Gasteiger partial charge in [-0.3, -0.25) is 53.0 Å². The van der Waals surface area contributed by atoms with E-state index in [4.69, 9.17) is 24.7 Å². The summed E-state index contributed by atoms with van der Waals surface area (Å²) in [6, 6.07) is 21.3. The van der Waals surface area contributed by atoms with Gasteiger partial charge in [0.15, 0.2) is 0 Å². The van der Waals surface area contributed by atoms with Crippen molar-refractivity contribution in [2.75, 3.05) is 65.9 Å². The maximum Gasteiger partial charge on any atom is 0.399 e. The van der Waals surface area contributed by atoms with Gasteiger partial charge in [-0.1, -0.05) is 84.6 Å². The van der Waals surface area contributed by atoms with Crippen molar-refractivity contribution in [2.24, 2.45) is 5.73 Å². The van der Waals surface area contributed by atoms with Crippen molar-refractivity contribution in [2.45, 2.75) is 99.8 Å². The number of aromatic amines is 1. The number of rotatable bonds is 27. The summed E-state index contributed by atoms with van der Waals surface area (Å²) in [5.74, 6) is 0.692. The molecule has 9 rings (SSSR count). The zero-order valence-corrected chi connectivity index (χ0v) is 50.3. The van der Waals surface area contributed by atoms with Gasteiger partial charge in [-0.05, 0) is 79.1 Å². The van der Waals surface area contributed by atoms with Crippen LogP contribution >= 0.6 is 7.60 Å². The van der Waals surface area contributed by atoms with Crippen molar-refractivity contribution in [3.8, 4) is 11.8 Å². The highest BCUT2D eigenvalue weighted by Gasteiger charge is 2.51. The van der Waals surface area contributed by atoms with E-state index in [1.165, 1.54) is 14.7 Å². The summed E-state index contributed by atoms with van der Waals surface area (Å²) in [6.07, 6.45) is 0.456. The van der Waals surface area contributed by atoms with Crippen molar-refractivity contribution in [1.82, 2.24) is 41.0 Å². The Hall–Kier alpha value is -8.74. The van der Waals surface area contributed by atoms with Gasteiger partial charge in [0.25, 0.3) is 11.8 Å². The fourth-order valence-corrected chi connectivity index (χ4v) is 11.9. The van der Waals surface area contributed by atoms with Gasteiger partial charge in [0.1, 0.15) is 36.5 Å². The first-order valence-corrected chi connectivity index (χ1v) is 31.3. The molecule has 9 N–H and O–H groups in total. The zero-order chi connectivity index (χ0) is 64.8. The van der Waals surface area contributed by atoms with Crippen molar-refractivity contribution in [3.05, 3.63) is 142 Å². The van der Waals surface area contributed by atoms with Crippen LogP contribution in [0.3, 0.4) is 0 Å². The lowest BCUT2D eigenvalue weighted by molar-refractivity contribution is -0.146. The van der Waals surface area contributed by atoms with Gasteiger partial charge in [-0.2, -0.15) is 8.78 Å². The summed E-state index contributed by atoms with van der Waals surface area (Å²) in [6.45, 7) is 1.22. The molecule has 0 spiro atoms. The van der Waals surface area contributed by atoms with Gasteiger partial charge < -0.3 is 70.1 Å². The monoisotopic (exact) mass is 1280 g/mol. The van der Waals surface area contributed by atoms with E-state index in [2.05, 4.69) is 38.1 Å². The molecule has 5 atom stereocenters. The van der Waals surface area contributed by atoms with Crippen LogP contribution < -0.4 is 27.0 Å². The van der Waals surface area contributed by atoms with Crippen molar-refractivity contribution in [3.63, 3.8) is 0 Å². The molecule has 0 bridgehead atoms. The van der Waals surface area contributed by atoms with Crippen LogP contribution in [0.15, 0.2) is 103 Å². The van der Waals surface area contributed by atoms with E-state index in [1.54, 1.807) is 18.2 Å². The smallest absolute Gasteiger partial charge is 0.379 e. The number of hydrogen-bond acceptors (Lipinski definition) is 14. The van der Waals surface area contributed by atoms with Crippen molar-refractivity contribution >= 4 is 71.7 Å². The molecule has 5 aromatic rings. The first kappa shape index (κ1) is 66.7. The minimum atomic E-state index is -5.94. The highest BCUT2D eigenvalue weighted by Crippen LogP contribution is 2.59. The standard InChI is InChI=1S/C63H70F2N9O16P/c64-63(65,91(84,85)86)43-16-18-47-42(35-43)36-49(67-47)58(79)69-50-38-72(26-24-44-17-20-52(74(44)62(50)83)60(81)68-48(19-22-53(66)75)57(78)71-56(40-9-3-1-4-10-40)41-11-5-2-6-12-41)55(77)25-28-88-30-32-90-34-33-89-31-29-87-27-8-14-39-13-7-15-45-46(39)37-73(61(45)82)51-21-23-54(76)70-59(51)80/h1-7,9-13,15-16,18,35-36,44,48,50-52,56,67H,17,19-34,37-38H2,(H2,66,75)(H,68,81)(H,69,79)(H,71,78)(H,70,76,80)(H2,84,85,86)/t44-,48+,50+,51?,52+/m1/s1. The average Bonchev–Trinajstić information content (AvgIpc) is 1.74. The molecule has 0 radical (unpaired) electrons. The number of nitrogens with zero attached hydrogens (tertiary/aromatic N) is 3. The molecule has 9 amide bonds. The lowest BCUT2D eigenvalue weighted by Crippen LogP contribution is -2.62. The molecule has 1 unspecified atom stereocenters. The van der Waals surface area contributed by atoms with Gasteiger partial charge in [0.2, 0.25) is 41.4 Å². The predicted molar refractivity (Wildman–Crippen MR) is 321 cm³/mol. The average molecular weight is 1280 g/mol. The molecule has 0 saturated carbocycles. The third-order valence-electron chi connectivity index (χ3n) is 16.1. The number of hydrogen-bond donors (Lipinski definition) is 8. The number of benzene rings is 4. The number of H-pyrrole nitrogens is 1. The molecule has 4 aliphatic rings. The van der Waals surface area contributed by atoms with Crippen LogP contribution in [0.25, 0.3) is 10.9 Å². The van der Waals surface area contributed by atoms with Gasteiger partial charge in [0, 0.05) is 66.1 Å². The van der Waals surface area contributed by atoms with Crippen molar-refractivity contribution < 1.29 is 85.2 Å². The lowest BCUT2D eigenvalue weighted by atomic mass is 9.98. The van der Waals surface area contributed by atoms with Gasteiger partial charge in [-0.25, -0.2) is 0 Å². The Bertz CT molecular complexity index is 3600. The van der Waals surface area contributed by atoms with E-state index in [0.717, 1.165) is 35.4 Å². The summed E-state index contributed by atoms with van der Waals surface area (Å²) in [4.78, 5) is 147. The highest BCUT2D eigenvalue weighted by molar-refractivity contribution is 7.52. The number of fused-ring (bicyclic) bond motifs is 3. The Kier molecular flexibility index (Phi) is 22.3. The van der Waals surface area contributed by atoms with Crippen LogP contribution in [0.1, 0.15) is 106 Å². The molecule has 0 aliphatic carbocycles. The van der Waals surface area contributed by atoms with Gasteiger partial charge >= 0.3 is 13.3 Å². The van der Waals surface area contributed by atoms with E-state index >= 15 is 0 Å². The number of carbonyl (C=O) groups excluding carboxylic acids is 9. The first-order chi connectivity index (χ1) is 43.7. The molecular weight excluding hydrogens is 1210 g/mol. The SMILES string of the molecule is NC(=O)CC[C@H](NC(=O)[C@@H]1CC[C@@H]2CCN(C(=O)CCOCCOCCOCCOCC#Cc3cccc4c3CN(C3CCC(=O)NC3=O)C4=O)C[C@H](NC(=O)c3cc4cc(C(F)(F)P(=O)(O)O)ccc4[nH]3)C(=O)N21)C(=O)NC(c1ccccc1)c1ccccc1. The number of carbonyl (C=O) groups is 9. The predicted octanol–water partition coefficient (Wildman–Crippen LogP) is 3.01. The summed E-state index contributed by atoms with van der Waals surface area (Å²) >= 11 is 0. The molecule has 4 aliphatic heterocycles. The second-order valence-corrected chi connectivity index (χ2v) is 23.9. The Morgan fingerprint density at radius 1 is 0.780 bits per heavy atom. The number of imide groups is 1. The Morgan fingerprint density at radius 3 is 2.11 bits per heavy atom. The number of aromatic nitrogens is 1. The molecule has 1 aromatic heterocycles. The molecule has 3 fully saturated rings. The summed E-state index contributed by atoms with van der Waals surface area (Å²) in [5, 5.41) is 10.7. The third-order valence-corrected chi connectivity index (χ3v) is 17.1. The summed E-state index contributed by atoms with van der Waals surface area (Å²) < 4.78 is 63.6. The second-order valence-electron chi connectivity index (χ2n) is 22.2. The molecule has 91 heavy (non-hydrogen) atoms. The lowest BCUT2D eigenvalue weighted by Gasteiger charge is -2.39. The summed E-state index contributed by atoms with van der Waals surface area (Å²) in [7, 11) is -5.94. The number of piperidine rings is 1.